The third-order valence-corrected chi connectivity index (χ3v) is 6.66. The number of ether oxygens (including phenoxy) is 2. The molecule has 0 fully saturated rings. The number of nitrogens with zero attached hydrogens (tertiary/aromatic N) is 2. The lowest BCUT2D eigenvalue weighted by Crippen LogP contribution is -2.43. The van der Waals surface area contributed by atoms with Crippen LogP contribution in [0.4, 0.5) is 11.4 Å². The summed E-state index contributed by atoms with van der Waals surface area (Å²) in [6.45, 7) is 8.69. The Kier molecular flexibility index (Phi) is 6.26. The predicted octanol–water partition coefficient (Wildman–Crippen LogP) is 6.45. The third-order valence-electron chi connectivity index (χ3n) is 6.66. The van der Waals surface area contributed by atoms with E-state index in [1.165, 1.54) is 5.56 Å². The maximum atomic E-state index is 11.9. The van der Waals surface area contributed by atoms with Gasteiger partial charge in [0.25, 0.3) is 5.69 Å². The van der Waals surface area contributed by atoms with Gasteiger partial charge in [0.05, 0.1) is 25.2 Å². The highest BCUT2D eigenvalue weighted by Crippen LogP contribution is 2.46. The first kappa shape index (κ1) is 23.6. The molecule has 0 N–H and O–H groups in total. The molecule has 0 bridgehead atoms. The highest BCUT2D eigenvalue weighted by atomic mass is 16.6. The normalized spacial score (nSPS) is 17.8. The first-order chi connectivity index (χ1) is 16.2. The van der Waals surface area contributed by atoms with Crippen LogP contribution in [-0.2, 0) is 11.8 Å². The quantitative estimate of drug-likeness (QED) is 0.323. The van der Waals surface area contributed by atoms with E-state index in [4.69, 9.17) is 9.47 Å². The van der Waals surface area contributed by atoms with Crippen LogP contribution in [-0.4, -0.2) is 25.2 Å². The molecule has 6 nitrogen and oxygen atoms in total. The van der Waals surface area contributed by atoms with E-state index in [2.05, 4.69) is 56.9 Å². The molecule has 34 heavy (non-hydrogen) atoms. The van der Waals surface area contributed by atoms with Gasteiger partial charge >= 0.3 is 0 Å². The van der Waals surface area contributed by atoms with Crippen LogP contribution in [0.1, 0.15) is 56.0 Å². The molecule has 3 aromatic rings. The van der Waals surface area contributed by atoms with Gasteiger partial charge in [-0.05, 0) is 59.2 Å². The Hall–Kier alpha value is -3.54. The van der Waals surface area contributed by atoms with Crippen LogP contribution in [0.15, 0.2) is 60.7 Å². The van der Waals surface area contributed by atoms with Gasteiger partial charge in [-0.2, -0.15) is 0 Å². The zero-order valence-corrected chi connectivity index (χ0v) is 20.7. The molecule has 0 amide bonds. The van der Waals surface area contributed by atoms with Gasteiger partial charge in [-0.1, -0.05) is 57.2 Å². The van der Waals surface area contributed by atoms with Crippen molar-refractivity contribution in [2.45, 2.75) is 51.6 Å². The molecule has 178 valence electrons. The summed E-state index contributed by atoms with van der Waals surface area (Å²) < 4.78 is 11.2. The van der Waals surface area contributed by atoms with Crippen molar-refractivity contribution in [3.05, 3.63) is 93.0 Å². The summed E-state index contributed by atoms with van der Waals surface area (Å²) in [7, 11) is 3.27. The maximum absolute atomic E-state index is 11.9. The van der Waals surface area contributed by atoms with Crippen molar-refractivity contribution in [2.24, 2.45) is 0 Å². The number of rotatable bonds is 5. The molecular weight excluding hydrogens is 428 g/mol. The molecular formula is C28H32N2O4. The molecule has 4 rings (SSSR count). The summed E-state index contributed by atoms with van der Waals surface area (Å²) in [4.78, 5) is 13.8. The minimum atomic E-state index is -0.300. The first-order valence-electron chi connectivity index (χ1n) is 11.5. The number of nitro groups is 1. The lowest BCUT2D eigenvalue weighted by Gasteiger charge is -2.44. The number of nitro benzene ring substituents is 1. The number of fused-ring (bicyclic) bond motifs is 1. The maximum Gasteiger partial charge on any atom is 0.292 e. The van der Waals surface area contributed by atoms with Crippen molar-refractivity contribution in [1.82, 2.24) is 0 Å². The molecule has 6 heteroatoms. The van der Waals surface area contributed by atoms with Gasteiger partial charge in [0.1, 0.15) is 5.69 Å². The van der Waals surface area contributed by atoms with Gasteiger partial charge < -0.3 is 14.4 Å². The van der Waals surface area contributed by atoms with Gasteiger partial charge in [-0.3, -0.25) is 10.1 Å². The van der Waals surface area contributed by atoms with Crippen LogP contribution in [0, 0.1) is 10.1 Å². The molecule has 1 aliphatic rings. The van der Waals surface area contributed by atoms with Gasteiger partial charge in [0.15, 0.2) is 11.5 Å². The van der Waals surface area contributed by atoms with E-state index >= 15 is 0 Å². The molecule has 0 aromatic heterocycles. The van der Waals surface area contributed by atoms with Crippen LogP contribution < -0.4 is 14.4 Å². The Labute approximate surface area is 201 Å². The number of para-hydroxylation sites is 2. The van der Waals surface area contributed by atoms with E-state index in [9.17, 15) is 10.1 Å². The van der Waals surface area contributed by atoms with Crippen molar-refractivity contribution < 1.29 is 14.4 Å². The van der Waals surface area contributed by atoms with Crippen molar-refractivity contribution >= 4 is 11.4 Å². The second kappa shape index (κ2) is 9.01. The Balaban J connectivity index is 1.96. The fraction of sp³-hybridized carbons (Fsp3) is 0.357. The van der Waals surface area contributed by atoms with Crippen LogP contribution in [0.25, 0.3) is 0 Å². The highest BCUT2D eigenvalue weighted by Gasteiger charge is 2.37. The summed E-state index contributed by atoms with van der Waals surface area (Å²) in [6.07, 6.45) is 0.734. The molecule has 0 aliphatic carbocycles. The summed E-state index contributed by atoms with van der Waals surface area (Å²) >= 11 is 0. The molecule has 1 aliphatic heterocycles. The Morgan fingerprint density at radius 3 is 2.18 bits per heavy atom. The van der Waals surface area contributed by atoms with Gasteiger partial charge in [-0.15, -0.1) is 0 Å². The minimum Gasteiger partial charge on any atom is -0.493 e. The van der Waals surface area contributed by atoms with E-state index in [-0.39, 0.29) is 28.1 Å². The third kappa shape index (κ3) is 4.20. The predicted molar refractivity (Wildman–Crippen MR) is 135 cm³/mol. The number of benzene rings is 3. The van der Waals surface area contributed by atoms with Gasteiger partial charge in [0.2, 0.25) is 0 Å². The molecule has 0 saturated heterocycles. The summed E-state index contributed by atoms with van der Waals surface area (Å²) in [5.74, 6) is 1.34. The van der Waals surface area contributed by atoms with Crippen molar-refractivity contribution in [3.63, 3.8) is 0 Å². The summed E-state index contributed by atoms with van der Waals surface area (Å²) in [6, 6.07) is 19.5. The molecule has 1 heterocycles. The molecule has 3 aromatic carbocycles. The molecule has 2 unspecified atom stereocenters. The first-order valence-corrected chi connectivity index (χ1v) is 11.5. The Morgan fingerprint density at radius 2 is 1.59 bits per heavy atom. The van der Waals surface area contributed by atoms with E-state index in [1.807, 2.05) is 24.3 Å². The van der Waals surface area contributed by atoms with E-state index in [0.717, 1.165) is 23.1 Å². The zero-order chi connectivity index (χ0) is 24.6. The van der Waals surface area contributed by atoms with E-state index in [0.29, 0.717) is 17.2 Å². The molecule has 0 radical (unpaired) electrons. The Morgan fingerprint density at radius 1 is 0.971 bits per heavy atom. The number of anilines is 1. The van der Waals surface area contributed by atoms with Gasteiger partial charge in [0, 0.05) is 12.1 Å². The SMILES string of the molecule is COc1cc2c(cc1OC)C(c1ccc(C(C)(C)C)cc1)N(c1ccccc1[N+](=O)[O-])C(C)C2. The van der Waals surface area contributed by atoms with Crippen LogP contribution in [0.5, 0.6) is 11.5 Å². The number of hydrogen-bond acceptors (Lipinski definition) is 5. The van der Waals surface area contributed by atoms with Crippen molar-refractivity contribution in [2.75, 3.05) is 19.1 Å². The average Bonchev–Trinajstić information content (AvgIpc) is 2.81. The lowest BCUT2D eigenvalue weighted by molar-refractivity contribution is -0.384. The zero-order valence-electron chi connectivity index (χ0n) is 20.7. The average molecular weight is 461 g/mol. The molecule has 0 spiro atoms. The van der Waals surface area contributed by atoms with Crippen LogP contribution in [0.2, 0.25) is 0 Å². The number of methoxy groups -OCH3 is 2. The monoisotopic (exact) mass is 460 g/mol. The fourth-order valence-corrected chi connectivity index (χ4v) is 4.91. The lowest BCUT2D eigenvalue weighted by atomic mass is 9.82. The highest BCUT2D eigenvalue weighted by molar-refractivity contribution is 5.68. The van der Waals surface area contributed by atoms with Gasteiger partial charge in [-0.25, -0.2) is 0 Å². The second-order valence-corrected chi connectivity index (χ2v) is 9.89. The van der Waals surface area contributed by atoms with E-state index < -0.39 is 0 Å². The molecule has 2 atom stereocenters. The van der Waals surface area contributed by atoms with E-state index in [1.54, 1.807) is 26.4 Å². The topological polar surface area (TPSA) is 64.8 Å². The standard InChI is InChI=1S/C28H32N2O4/c1-18-15-20-16-25(33-5)26(34-6)17-22(20)27(19-11-13-21(14-12-19)28(2,3)4)29(18)23-9-7-8-10-24(23)30(31)32/h7-14,16-18,27H,15H2,1-6H3. The van der Waals surface area contributed by atoms with Crippen LogP contribution >= 0.6 is 0 Å². The summed E-state index contributed by atoms with van der Waals surface area (Å²) in [5, 5.41) is 11.9. The second-order valence-electron chi connectivity index (χ2n) is 9.89. The molecule has 0 saturated carbocycles. The van der Waals surface area contributed by atoms with Crippen molar-refractivity contribution in [3.8, 4) is 11.5 Å². The number of hydrogen-bond donors (Lipinski definition) is 0. The fourth-order valence-electron chi connectivity index (χ4n) is 4.91. The smallest absolute Gasteiger partial charge is 0.292 e. The van der Waals surface area contributed by atoms with Crippen molar-refractivity contribution in [1.29, 1.82) is 0 Å². The van der Waals surface area contributed by atoms with Crippen LogP contribution in [0.3, 0.4) is 0 Å². The summed E-state index contributed by atoms with van der Waals surface area (Å²) in [5.41, 5.74) is 5.29. The minimum absolute atomic E-state index is 0.0268. The largest absolute Gasteiger partial charge is 0.493 e. The Bertz CT molecular complexity index is 1200.